The highest BCUT2D eigenvalue weighted by atomic mass is 16.1. The van der Waals surface area contributed by atoms with Crippen LogP contribution in [-0.4, -0.2) is 10.9 Å². The third kappa shape index (κ3) is 2.48. The minimum absolute atomic E-state index is 0.387. The lowest BCUT2D eigenvalue weighted by Gasteiger charge is -2.11. The standard InChI is InChI=1S/C14H15N3O/c1-9-5-6-12(10(2)8-9)17-14-11(13(15)18)4-3-7-16-14/h3-8H,1-2H3,(H2,15,18)(H,16,17). The summed E-state index contributed by atoms with van der Waals surface area (Å²) in [6.45, 7) is 4.04. The van der Waals surface area contributed by atoms with E-state index in [1.54, 1.807) is 18.3 Å². The fraction of sp³-hybridized carbons (Fsp3) is 0.143. The second kappa shape index (κ2) is 4.87. The van der Waals surface area contributed by atoms with Crippen molar-refractivity contribution in [3.63, 3.8) is 0 Å². The smallest absolute Gasteiger partial charge is 0.252 e. The van der Waals surface area contributed by atoms with Gasteiger partial charge in [-0.05, 0) is 37.6 Å². The number of benzene rings is 1. The van der Waals surface area contributed by atoms with Gasteiger partial charge in [0.2, 0.25) is 0 Å². The van der Waals surface area contributed by atoms with E-state index in [1.807, 2.05) is 26.0 Å². The number of hydrogen-bond acceptors (Lipinski definition) is 3. The van der Waals surface area contributed by atoms with Crippen LogP contribution in [0.15, 0.2) is 36.5 Å². The van der Waals surface area contributed by atoms with Crippen LogP contribution in [0.2, 0.25) is 0 Å². The van der Waals surface area contributed by atoms with Crippen molar-refractivity contribution in [3.05, 3.63) is 53.2 Å². The van der Waals surface area contributed by atoms with Crippen molar-refractivity contribution in [2.75, 3.05) is 5.32 Å². The molecule has 18 heavy (non-hydrogen) atoms. The number of nitrogens with zero attached hydrogens (tertiary/aromatic N) is 1. The number of anilines is 2. The van der Waals surface area contributed by atoms with Crippen LogP contribution < -0.4 is 11.1 Å². The number of aryl methyl sites for hydroxylation is 2. The van der Waals surface area contributed by atoms with Crippen LogP contribution in [0.25, 0.3) is 0 Å². The Bertz CT molecular complexity index is 593. The molecule has 0 radical (unpaired) electrons. The summed E-state index contributed by atoms with van der Waals surface area (Å²) in [6, 6.07) is 9.37. The molecule has 0 unspecified atom stereocenters. The van der Waals surface area contributed by atoms with Gasteiger partial charge in [-0.2, -0.15) is 0 Å². The van der Waals surface area contributed by atoms with Crippen LogP contribution in [0.1, 0.15) is 21.5 Å². The largest absolute Gasteiger partial charge is 0.365 e. The summed E-state index contributed by atoms with van der Waals surface area (Å²) < 4.78 is 0. The third-order valence-corrected chi connectivity index (χ3v) is 2.71. The molecule has 0 spiro atoms. The van der Waals surface area contributed by atoms with E-state index in [0.29, 0.717) is 11.4 Å². The number of carbonyl (C=O) groups is 1. The van der Waals surface area contributed by atoms with Gasteiger partial charge in [-0.25, -0.2) is 4.98 Å². The van der Waals surface area contributed by atoms with Crippen LogP contribution in [-0.2, 0) is 0 Å². The lowest BCUT2D eigenvalue weighted by Crippen LogP contribution is -2.14. The van der Waals surface area contributed by atoms with Crippen molar-refractivity contribution in [2.24, 2.45) is 5.73 Å². The number of carbonyl (C=O) groups excluding carboxylic acids is 1. The maximum atomic E-state index is 11.3. The number of hydrogen-bond donors (Lipinski definition) is 2. The molecule has 0 saturated heterocycles. The highest BCUT2D eigenvalue weighted by molar-refractivity contribution is 5.98. The van der Waals surface area contributed by atoms with Gasteiger partial charge < -0.3 is 11.1 Å². The van der Waals surface area contributed by atoms with Crippen LogP contribution in [0.4, 0.5) is 11.5 Å². The molecule has 0 fully saturated rings. The van der Waals surface area contributed by atoms with Gasteiger partial charge in [0.05, 0.1) is 5.56 Å². The molecule has 0 aliphatic heterocycles. The molecule has 1 aromatic heterocycles. The molecule has 4 nitrogen and oxygen atoms in total. The molecule has 0 bridgehead atoms. The van der Waals surface area contributed by atoms with Crippen LogP contribution in [0.5, 0.6) is 0 Å². The number of amides is 1. The number of aromatic nitrogens is 1. The quantitative estimate of drug-likeness (QED) is 0.867. The molecule has 0 aliphatic rings. The Balaban J connectivity index is 2.37. The molecule has 2 aromatic rings. The molecular formula is C14H15N3O. The van der Waals surface area contributed by atoms with Crippen molar-refractivity contribution in [1.82, 2.24) is 4.98 Å². The molecule has 0 saturated carbocycles. The highest BCUT2D eigenvalue weighted by Gasteiger charge is 2.09. The minimum Gasteiger partial charge on any atom is -0.365 e. The SMILES string of the molecule is Cc1ccc(Nc2ncccc2C(N)=O)c(C)c1. The van der Waals surface area contributed by atoms with Crippen LogP contribution >= 0.6 is 0 Å². The maximum Gasteiger partial charge on any atom is 0.252 e. The van der Waals surface area contributed by atoms with Crippen molar-refractivity contribution in [2.45, 2.75) is 13.8 Å². The molecule has 92 valence electrons. The lowest BCUT2D eigenvalue weighted by molar-refractivity contribution is 0.100. The summed E-state index contributed by atoms with van der Waals surface area (Å²) in [6.07, 6.45) is 1.62. The number of nitrogens with one attached hydrogen (secondary N) is 1. The summed E-state index contributed by atoms with van der Waals surface area (Å²) in [5, 5.41) is 3.14. The minimum atomic E-state index is -0.490. The first-order valence-electron chi connectivity index (χ1n) is 5.67. The molecular weight excluding hydrogens is 226 g/mol. The number of pyridine rings is 1. The summed E-state index contributed by atoms with van der Waals surface area (Å²) in [5.74, 6) is -0.00711. The summed E-state index contributed by atoms with van der Waals surface area (Å²) in [5.41, 5.74) is 8.90. The fourth-order valence-corrected chi connectivity index (χ4v) is 1.79. The highest BCUT2D eigenvalue weighted by Crippen LogP contribution is 2.22. The Kier molecular flexibility index (Phi) is 3.28. The maximum absolute atomic E-state index is 11.3. The molecule has 1 aromatic carbocycles. The van der Waals surface area contributed by atoms with Gasteiger partial charge >= 0.3 is 0 Å². The van der Waals surface area contributed by atoms with Crippen molar-refractivity contribution >= 4 is 17.4 Å². The average molecular weight is 241 g/mol. The molecule has 0 atom stereocenters. The van der Waals surface area contributed by atoms with E-state index in [1.165, 1.54) is 5.56 Å². The first-order valence-corrected chi connectivity index (χ1v) is 5.67. The molecule has 1 heterocycles. The zero-order valence-corrected chi connectivity index (χ0v) is 10.4. The Morgan fingerprint density at radius 2 is 2.06 bits per heavy atom. The van der Waals surface area contributed by atoms with Crippen molar-refractivity contribution in [1.29, 1.82) is 0 Å². The molecule has 1 amide bonds. The van der Waals surface area contributed by atoms with Gasteiger partial charge in [-0.15, -0.1) is 0 Å². The molecule has 4 heteroatoms. The zero-order valence-electron chi connectivity index (χ0n) is 10.4. The zero-order chi connectivity index (χ0) is 13.1. The van der Waals surface area contributed by atoms with Crippen molar-refractivity contribution < 1.29 is 4.79 Å². The summed E-state index contributed by atoms with van der Waals surface area (Å²) in [7, 11) is 0. The van der Waals surface area contributed by atoms with Gasteiger partial charge in [0.1, 0.15) is 5.82 Å². The van der Waals surface area contributed by atoms with E-state index >= 15 is 0 Å². The van der Waals surface area contributed by atoms with E-state index in [4.69, 9.17) is 5.73 Å². The van der Waals surface area contributed by atoms with Gasteiger partial charge in [-0.1, -0.05) is 17.7 Å². The van der Waals surface area contributed by atoms with E-state index in [2.05, 4.69) is 16.4 Å². The van der Waals surface area contributed by atoms with E-state index in [-0.39, 0.29) is 0 Å². The van der Waals surface area contributed by atoms with Crippen LogP contribution in [0.3, 0.4) is 0 Å². The van der Waals surface area contributed by atoms with Gasteiger partial charge in [0.25, 0.3) is 5.91 Å². The Morgan fingerprint density at radius 1 is 1.28 bits per heavy atom. The van der Waals surface area contributed by atoms with E-state index in [0.717, 1.165) is 11.3 Å². The summed E-state index contributed by atoms with van der Waals surface area (Å²) in [4.78, 5) is 15.4. The molecule has 0 aliphatic carbocycles. The second-order valence-electron chi connectivity index (χ2n) is 4.21. The molecule has 3 N–H and O–H groups in total. The first-order chi connectivity index (χ1) is 8.58. The van der Waals surface area contributed by atoms with Crippen molar-refractivity contribution in [3.8, 4) is 0 Å². The topological polar surface area (TPSA) is 68.0 Å². The Hall–Kier alpha value is -2.36. The second-order valence-corrected chi connectivity index (χ2v) is 4.21. The normalized spacial score (nSPS) is 10.1. The molecule has 2 rings (SSSR count). The lowest BCUT2D eigenvalue weighted by atomic mass is 10.1. The number of primary amides is 1. The average Bonchev–Trinajstić information content (AvgIpc) is 2.33. The monoisotopic (exact) mass is 241 g/mol. The third-order valence-electron chi connectivity index (χ3n) is 2.71. The fourth-order valence-electron chi connectivity index (χ4n) is 1.79. The van der Waals surface area contributed by atoms with Gasteiger partial charge in [-0.3, -0.25) is 4.79 Å². The number of nitrogens with two attached hydrogens (primary N) is 1. The van der Waals surface area contributed by atoms with E-state index < -0.39 is 5.91 Å². The Labute approximate surface area is 106 Å². The Morgan fingerprint density at radius 3 is 2.72 bits per heavy atom. The van der Waals surface area contributed by atoms with E-state index in [9.17, 15) is 4.79 Å². The van der Waals surface area contributed by atoms with Gasteiger partial charge in [0, 0.05) is 11.9 Å². The number of rotatable bonds is 3. The first kappa shape index (κ1) is 12.1. The van der Waals surface area contributed by atoms with Gasteiger partial charge in [0.15, 0.2) is 0 Å². The predicted octanol–water partition coefficient (Wildman–Crippen LogP) is 2.54. The van der Waals surface area contributed by atoms with Crippen LogP contribution in [0, 0.1) is 13.8 Å². The predicted molar refractivity (Wildman–Crippen MR) is 72.0 cm³/mol. The summed E-state index contributed by atoms with van der Waals surface area (Å²) >= 11 is 0.